The topological polar surface area (TPSA) is 26.3 Å². The van der Waals surface area contributed by atoms with E-state index in [0.29, 0.717) is 43.5 Å². The summed E-state index contributed by atoms with van der Waals surface area (Å²) >= 11 is 3.38. The normalized spacial score (nSPS) is 11.8. The summed E-state index contributed by atoms with van der Waals surface area (Å²) in [6, 6.07) is 0. The van der Waals surface area contributed by atoms with Crippen LogP contribution in [0.15, 0.2) is 8.83 Å². The summed E-state index contributed by atoms with van der Waals surface area (Å²) in [4.78, 5) is 0. The number of thiophene rings is 1. The molecule has 0 aliphatic rings. The number of hydrogen-bond acceptors (Lipinski definition) is 3. The molecule has 2 nitrogen and oxygen atoms in total. The second-order valence-electron chi connectivity index (χ2n) is 39.1. The van der Waals surface area contributed by atoms with Crippen molar-refractivity contribution in [2.75, 3.05) is 0 Å². The van der Waals surface area contributed by atoms with Gasteiger partial charge < -0.3 is 8.83 Å². The minimum atomic E-state index is 0.464. The smallest absolute Gasteiger partial charge is 0.138 e. The van der Waals surface area contributed by atoms with Crippen LogP contribution in [0.4, 0.5) is 0 Å². The van der Waals surface area contributed by atoms with Gasteiger partial charge in [-0.15, -0.1) is 11.3 Å². The van der Waals surface area contributed by atoms with Gasteiger partial charge in [-0.25, -0.2) is 0 Å². The van der Waals surface area contributed by atoms with Gasteiger partial charge in [0, 0.05) is 41.7 Å². The Hall–Kier alpha value is -7.98. The first-order valence-electron chi connectivity index (χ1n) is 45.9. The van der Waals surface area contributed by atoms with Crippen LogP contribution in [-0.4, -0.2) is 43.5 Å². The maximum Gasteiger partial charge on any atom is 0.138 e. The van der Waals surface area contributed by atoms with Crippen LogP contribution in [0.5, 0.6) is 0 Å². The molecule has 6 aromatic heterocycles. The van der Waals surface area contributed by atoms with Crippen LogP contribution in [0.1, 0.15) is 267 Å². The van der Waals surface area contributed by atoms with Crippen molar-refractivity contribution in [2.45, 2.75) is 332 Å². The average molecular weight is 1890 g/mol. The summed E-state index contributed by atoms with van der Waals surface area (Å²) in [5.41, 5.74) is 73.4. The first kappa shape index (κ1) is 95.6. The quantitative estimate of drug-likeness (QED) is 0.141. The maximum absolute atomic E-state index is 6.35. The Bertz CT molecular complexity index is 6200. The summed E-state index contributed by atoms with van der Waals surface area (Å²) in [6.07, 6.45) is 0. The van der Waals surface area contributed by atoms with Gasteiger partial charge >= 0.3 is 401 Å². The fraction of sp³-hybridized carbons (Fsp3) is 0.400. The van der Waals surface area contributed by atoms with E-state index in [1.807, 2.05) is 11.3 Å². The zero-order valence-electron chi connectivity index (χ0n) is 86.4. The number of fused-ring (bicyclic) bond motifs is 18. The molecule has 0 saturated carbocycles. The Morgan fingerprint density at radius 3 is 0.373 bits per heavy atom. The molecule has 0 N–H and O–H groups in total. The Labute approximate surface area is 778 Å². The van der Waals surface area contributed by atoms with E-state index in [1.54, 1.807) is 57.9 Å². The zero-order valence-corrected chi connectivity index (χ0v) is 92.4. The predicted molar refractivity (Wildman–Crippen MR) is 569 cm³/mol. The summed E-state index contributed by atoms with van der Waals surface area (Å²) in [7, 11) is 0. The molecule has 126 heavy (non-hydrogen) atoms. The number of furan rings is 2. The summed E-state index contributed by atoms with van der Waals surface area (Å²) in [5.74, 6) is 0. The molecule has 18 aromatic rings. The Morgan fingerprint density at radius 2 is 0.222 bits per heavy atom. The molecule has 6 heterocycles. The van der Waals surface area contributed by atoms with Crippen molar-refractivity contribution in [3.63, 3.8) is 0 Å². The van der Waals surface area contributed by atoms with Gasteiger partial charge in [-0.2, -0.15) is 0 Å². The van der Waals surface area contributed by atoms with Crippen molar-refractivity contribution >= 4 is 177 Å². The zero-order chi connectivity index (χ0) is 93.8. The van der Waals surface area contributed by atoms with Gasteiger partial charge in [0.2, 0.25) is 0 Å². The number of hydrogen-bond donors (Lipinski definition) is 0. The van der Waals surface area contributed by atoms with E-state index in [2.05, 4.69) is 332 Å². The van der Waals surface area contributed by atoms with Crippen molar-refractivity contribution in [2.24, 2.45) is 0 Å². The van der Waals surface area contributed by atoms with E-state index >= 15 is 0 Å². The second-order valence-corrected chi connectivity index (χ2v) is 46.5. The predicted octanol–water partition coefficient (Wildman–Crippen LogP) is 35.2. The monoisotopic (exact) mass is 1890 g/mol. The molecule has 660 valence electrons. The summed E-state index contributed by atoms with van der Waals surface area (Å²) < 4.78 is 25.5. The molecular weight excluding hydrogens is 1740 g/mol. The molecule has 0 atom stereocenters. The first-order chi connectivity index (χ1) is 58.6. The van der Waals surface area contributed by atoms with E-state index in [9.17, 15) is 0 Å². The maximum atomic E-state index is 6.35. The molecule has 0 amide bonds. The molecule has 0 saturated heterocycles. The third kappa shape index (κ3) is 14.3. The van der Waals surface area contributed by atoms with Crippen LogP contribution in [0.3, 0.4) is 0 Å². The van der Waals surface area contributed by atoms with Gasteiger partial charge in [-0.3, -0.25) is 0 Å². The molecule has 0 fully saturated rings. The number of benzene rings is 12. The van der Waals surface area contributed by atoms with Crippen molar-refractivity contribution < 1.29 is 8.83 Å². The van der Waals surface area contributed by atoms with Crippen LogP contribution in [0, 0.1) is 332 Å². The molecule has 6 heteroatoms. The van der Waals surface area contributed by atoms with E-state index in [-0.39, 0.29) is 0 Å². The SMILES string of the molecule is Cc1c(C)c(C)c2c([se]c3c(C)c(C)c(C)c(C)c32)c1C.Cc1c(C)c(C)c2c([se]c3c(C)c(C)c(C)c(C)c32)c1C.Cc1c(C)c(C)c2c([se]c3c(C)c(C)c(C)c(C)c32)c1C.Cc1c(C)c(C)c2c(oc3c(C)c(C)c(C)c(C)c32)c1C.Cc1c(C)c(C)c2c(oc3c(C)c(C)c(C)c(C)c32)c1C.Cc1c(C)c(C)c2c(sc3c(C)c(C)c(C)c(C)c32)c1C. The largest absolute Gasteiger partial charge is 0.455 e. The van der Waals surface area contributed by atoms with Gasteiger partial charge in [0.15, 0.2) is 0 Å². The van der Waals surface area contributed by atoms with Gasteiger partial charge in [0.25, 0.3) is 0 Å². The van der Waals surface area contributed by atoms with Gasteiger partial charge in [-0.05, 0) is 300 Å². The molecule has 0 aliphatic carbocycles. The molecule has 12 aromatic carbocycles. The third-order valence-electron chi connectivity index (χ3n) is 34.3. The van der Waals surface area contributed by atoms with Crippen molar-refractivity contribution in [3.8, 4) is 0 Å². The Morgan fingerprint density at radius 1 is 0.111 bits per heavy atom. The summed E-state index contributed by atoms with van der Waals surface area (Å²) in [5, 5.41) is 17.6. The van der Waals surface area contributed by atoms with Crippen LogP contribution in [-0.2, 0) is 0 Å². The van der Waals surface area contributed by atoms with Crippen molar-refractivity contribution in [1.82, 2.24) is 0 Å². The fourth-order valence-corrected chi connectivity index (χ4v) is 32.3. The fourth-order valence-electron chi connectivity index (χ4n) is 21.1. The Balaban J connectivity index is 0.000000130. The first-order valence-corrected chi connectivity index (χ1v) is 51.9. The molecule has 0 spiro atoms. The molecule has 0 unspecified atom stereocenters. The number of rotatable bonds is 0. The van der Waals surface area contributed by atoms with E-state index in [1.165, 1.54) is 309 Å². The summed E-state index contributed by atoms with van der Waals surface area (Å²) in [6.45, 7) is 109. The van der Waals surface area contributed by atoms with E-state index < -0.39 is 0 Å². The molecule has 18 rings (SSSR count). The van der Waals surface area contributed by atoms with Crippen molar-refractivity contribution in [1.29, 1.82) is 0 Å². The van der Waals surface area contributed by atoms with Crippen molar-refractivity contribution in [3.05, 3.63) is 267 Å². The molecular formula is C120H144O2SSe3. The van der Waals surface area contributed by atoms with Gasteiger partial charge in [0.05, 0.1) is 0 Å². The molecule has 0 radical (unpaired) electrons. The van der Waals surface area contributed by atoms with Crippen LogP contribution < -0.4 is 0 Å². The van der Waals surface area contributed by atoms with Crippen LogP contribution >= 0.6 is 11.3 Å². The standard InChI is InChI=1S/2C20H24O.C20H24S.3C20H24Se/c6*1-9-11(3)15(7)19-17(13(9)5)18-14(6)10(2)12(4)16(8)20(18)21-19/h6*1-8H3. The van der Waals surface area contributed by atoms with E-state index in [0.717, 1.165) is 22.3 Å². The van der Waals surface area contributed by atoms with E-state index in [4.69, 9.17) is 8.83 Å². The average Bonchev–Trinajstić information content (AvgIpc) is 1.60. The third-order valence-corrected chi connectivity index (χ3v) is 44.7. The minimum Gasteiger partial charge on any atom is -0.455 e. The molecule has 0 bridgehead atoms. The Kier molecular flexibility index (Phi) is 26.1. The van der Waals surface area contributed by atoms with Gasteiger partial charge in [0.1, 0.15) is 22.3 Å². The van der Waals surface area contributed by atoms with Crippen LogP contribution in [0.2, 0.25) is 0 Å². The second kappa shape index (κ2) is 34.4. The number of aryl methyl sites for hydroxylation is 24. The van der Waals surface area contributed by atoms with Gasteiger partial charge in [-0.1, -0.05) is 0 Å². The van der Waals surface area contributed by atoms with Crippen LogP contribution in [0.25, 0.3) is 122 Å². The minimum absolute atomic E-state index is 0.464. The molecule has 0 aliphatic heterocycles.